The lowest BCUT2D eigenvalue weighted by atomic mass is 10.1. The van der Waals surface area contributed by atoms with Gasteiger partial charge < -0.3 is 4.98 Å². The summed E-state index contributed by atoms with van der Waals surface area (Å²) in [6.07, 6.45) is 5.39. The summed E-state index contributed by atoms with van der Waals surface area (Å²) in [4.78, 5) is 8.54. The summed E-state index contributed by atoms with van der Waals surface area (Å²) in [6, 6.07) is 2.15. The second kappa shape index (κ2) is 4.81. The molecule has 0 amide bonds. The van der Waals surface area contributed by atoms with Crippen molar-refractivity contribution in [3.05, 3.63) is 40.1 Å². The summed E-state index contributed by atoms with van der Waals surface area (Å²) in [5, 5.41) is 2.14. The van der Waals surface area contributed by atoms with Crippen molar-refractivity contribution in [2.24, 2.45) is 0 Å². The van der Waals surface area contributed by atoms with E-state index >= 15 is 0 Å². The number of hydrogen-bond acceptors (Lipinski definition) is 2. The Hall–Kier alpha value is -0.800. The Balaban J connectivity index is 2.11. The lowest BCUT2D eigenvalue weighted by molar-refractivity contribution is 0.857. The van der Waals surface area contributed by atoms with Gasteiger partial charge in [0.05, 0.1) is 5.38 Å². The van der Waals surface area contributed by atoms with Crippen LogP contribution in [0.3, 0.4) is 0 Å². The van der Waals surface area contributed by atoms with E-state index in [2.05, 4.69) is 28.3 Å². The van der Waals surface area contributed by atoms with Gasteiger partial charge in [-0.15, -0.1) is 22.9 Å². The molecular weight excluding hydrogens is 228 g/mol. The van der Waals surface area contributed by atoms with Crippen LogP contribution in [-0.4, -0.2) is 9.97 Å². The fourth-order valence-electron chi connectivity index (χ4n) is 1.59. The molecule has 0 bridgehead atoms. The molecule has 0 saturated carbocycles. The van der Waals surface area contributed by atoms with Crippen LogP contribution >= 0.6 is 22.9 Å². The molecule has 2 rings (SSSR count). The van der Waals surface area contributed by atoms with Gasteiger partial charge in [-0.2, -0.15) is 0 Å². The van der Waals surface area contributed by atoms with E-state index in [1.54, 1.807) is 17.5 Å². The lowest BCUT2D eigenvalue weighted by Crippen LogP contribution is -1.98. The molecule has 1 N–H and O–H groups in total. The van der Waals surface area contributed by atoms with Gasteiger partial charge in [0, 0.05) is 23.7 Å². The fraction of sp³-hybridized carbons (Fsp3) is 0.364. The van der Waals surface area contributed by atoms with Crippen LogP contribution < -0.4 is 0 Å². The first kappa shape index (κ1) is 10.7. The van der Waals surface area contributed by atoms with Crippen molar-refractivity contribution in [2.45, 2.75) is 25.1 Å². The van der Waals surface area contributed by atoms with Crippen molar-refractivity contribution in [2.75, 3.05) is 0 Å². The maximum atomic E-state index is 6.37. The summed E-state index contributed by atoms with van der Waals surface area (Å²) in [6.45, 7) is 2.15. The molecule has 0 aliphatic heterocycles. The van der Waals surface area contributed by atoms with Crippen molar-refractivity contribution in [3.8, 4) is 0 Å². The Morgan fingerprint density at radius 2 is 2.47 bits per heavy atom. The Labute approximate surface area is 98.3 Å². The van der Waals surface area contributed by atoms with Gasteiger partial charge in [-0.3, -0.25) is 0 Å². The van der Waals surface area contributed by atoms with Crippen molar-refractivity contribution in [1.29, 1.82) is 0 Å². The summed E-state index contributed by atoms with van der Waals surface area (Å²) in [5.41, 5.74) is 1.35. The molecule has 0 fully saturated rings. The normalized spacial score (nSPS) is 12.9. The highest BCUT2D eigenvalue weighted by atomic mass is 35.5. The quantitative estimate of drug-likeness (QED) is 0.814. The number of nitrogens with zero attached hydrogens (tertiary/aromatic N) is 1. The highest BCUT2D eigenvalue weighted by molar-refractivity contribution is 7.10. The SMILES string of the molecule is CCc1ccsc1C(Cl)Cc1ncc[nH]1. The molecule has 1 unspecified atom stereocenters. The topological polar surface area (TPSA) is 28.7 Å². The van der Waals surface area contributed by atoms with Gasteiger partial charge in [0.2, 0.25) is 0 Å². The number of hydrogen-bond donors (Lipinski definition) is 1. The van der Waals surface area contributed by atoms with Crippen LogP contribution in [0.15, 0.2) is 23.8 Å². The zero-order valence-electron chi connectivity index (χ0n) is 8.53. The Morgan fingerprint density at radius 3 is 3.13 bits per heavy atom. The van der Waals surface area contributed by atoms with E-state index in [-0.39, 0.29) is 5.38 Å². The van der Waals surface area contributed by atoms with E-state index in [4.69, 9.17) is 11.6 Å². The first-order valence-corrected chi connectivity index (χ1v) is 6.31. The monoisotopic (exact) mass is 240 g/mol. The predicted molar refractivity (Wildman–Crippen MR) is 64.6 cm³/mol. The van der Waals surface area contributed by atoms with Gasteiger partial charge in [0.25, 0.3) is 0 Å². The Kier molecular flexibility index (Phi) is 3.44. The number of halogens is 1. The largest absolute Gasteiger partial charge is 0.349 e. The molecule has 1 atom stereocenters. The zero-order chi connectivity index (χ0) is 10.7. The average molecular weight is 241 g/mol. The maximum Gasteiger partial charge on any atom is 0.107 e. The molecule has 2 heterocycles. The predicted octanol–water partition coefficient (Wildman–Crippen LogP) is 3.56. The number of thiophene rings is 1. The van der Waals surface area contributed by atoms with E-state index in [1.165, 1.54) is 10.4 Å². The minimum atomic E-state index is 0.0334. The number of H-pyrrole nitrogens is 1. The lowest BCUT2D eigenvalue weighted by Gasteiger charge is -2.07. The van der Waals surface area contributed by atoms with Crippen LogP contribution in [0.5, 0.6) is 0 Å². The second-order valence-corrected chi connectivity index (χ2v) is 4.85. The number of nitrogens with one attached hydrogen (secondary N) is 1. The molecule has 0 radical (unpaired) electrons. The molecular formula is C11H13ClN2S. The highest BCUT2D eigenvalue weighted by Gasteiger charge is 2.14. The van der Waals surface area contributed by atoms with E-state index in [9.17, 15) is 0 Å². The highest BCUT2D eigenvalue weighted by Crippen LogP contribution is 2.31. The number of aryl methyl sites for hydroxylation is 1. The molecule has 2 aromatic rings. The van der Waals surface area contributed by atoms with Crippen molar-refractivity contribution < 1.29 is 0 Å². The number of aromatic amines is 1. The van der Waals surface area contributed by atoms with Crippen molar-refractivity contribution >= 4 is 22.9 Å². The maximum absolute atomic E-state index is 6.37. The summed E-state index contributed by atoms with van der Waals surface area (Å²) in [7, 11) is 0. The summed E-state index contributed by atoms with van der Waals surface area (Å²) in [5.74, 6) is 0.949. The van der Waals surface area contributed by atoms with Crippen molar-refractivity contribution in [3.63, 3.8) is 0 Å². The summed E-state index contributed by atoms with van der Waals surface area (Å²) < 4.78 is 0. The smallest absolute Gasteiger partial charge is 0.107 e. The standard InChI is InChI=1S/C11H13ClN2S/c1-2-8-3-6-15-11(8)9(12)7-10-13-4-5-14-10/h3-6,9H,2,7H2,1H3,(H,13,14). The third-order valence-electron chi connectivity index (χ3n) is 2.37. The van der Waals surface area contributed by atoms with Gasteiger partial charge >= 0.3 is 0 Å². The molecule has 4 heteroatoms. The molecule has 0 saturated heterocycles. The van der Waals surface area contributed by atoms with Crippen LogP contribution in [0.2, 0.25) is 0 Å². The number of imidazole rings is 1. The molecule has 2 aromatic heterocycles. The average Bonchev–Trinajstić information content (AvgIpc) is 2.86. The second-order valence-electron chi connectivity index (χ2n) is 3.37. The summed E-state index contributed by atoms with van der Waals surface area (Å²) >= 11 is 8.10. The Morgan fingerprint density at radius 1 is 1.60 bits per heavy atom. The number of aromatic nitrogens is 2. The van der Waals surface area contributed by atoms with Gasteiger partial charge in [-0.25, -0.2) is 4.98 Å². The molecule has 2 nitrogen and oxygen atoms in total. The van der Waals surface area contributed by atoms with Gasteiger partial charge in [-0.1, -0.05) is 6.92 Å². The minimum Gasteiger partial charge on any atom is -0.349 e. The molecule has 0 aliphatic rings. The van der Waals surface area contributed by atoms with E-state index < -0.39 is 0 Å². The molecule has 0 spiro atoms. The van der Waals surface area contributed by atoms with Crippen molar-refractivity contribution in [1.82, 2.24) is 9.97 Å². The van der Waals surface area contributed by atoms with Gasteiger partial charge in [0.15, 0.2) is 0 Å². The first-order valence-electron chi connectivity index (χ1n) is 5.00. The third kappa shape index (κ3) is 2.41. The number of rotatable bonds is 4. The first-order chi connectivity index (χ1) is 7.31. The van der Waals surface area contributed by atoms with Crippen LogP contribution in [-0.2, 0) is 12.8 Å². The fourth-order valence-corrected chi connectivity index (χ4v) is 3.00. The number of alkyl halides is 1. The Bertz CT molecular complexity index is 408. The van der Waals surface area contributed by atoms with Crippen LogP contribution in [0.25, 0.3) is 0 Å². The minimum absolute atomic E-state index is 0.0334. The van der Waals surface area contributed by atoms with Crippen LogP contribution in [0.1, 0.15) is 28.6 Å². The van der Waals surface area contributed by atoms with Crippen LogP contribution in [0.4, 0.5) is 0 Å². The third-order valence-corrected chi connectivity index (χ3v) is 3.95. The van der Waals surface area contributed by atoms with Gasteiger partial charge in [0.1, 0.15) is 5.82 Å². The molecule has 0 aromatic carbocycles. The molecule has 0 aliphatic carbocycles. The van der Waals surface area contributed by atoms with Crippen LogP contribution in [0, 0.1) is 0 Å². The zero-order valence-corrected chi connectivity index (χ0v) is 10.1. The van der Waals surface area contributed by atoms with Gasteiger partial charge in [-0.05, 0) is 23.4 Å². The van der Waals surface area contributed by atoms with E-state index in [1.807, 2.05) is 6.20 Å². The van der Waals surface area contributed by atoms with E-state index in [0.717, 1.165) is 18.7 Å². The van der Waals surface area contributed by atoms with E-state index in [0.29, 0.717) is 0 Å². The molecule has 15 heavy (non-hydrogen) atoms. The molecule has 80 valence electrons.